The Bertz CT molecular complexity index is 209. The fraction of sp³-hybridized carbons (Fsp3) is 0.909. The highest BCUT2D eigenvalue weighted by Crippen LogP contribution is 2.44. The van der Waals surface area contributed by atoms with Crippen LogP contribution in [0.25, 0.3) is 0 Å². The van der Waals surface area contributed by atoms with Crippen LogP contribution in [0.2, 0.25) is 0 Å². The van der Waals surface area contributed by atoms with Crippen LogP contribution in [0.3, 0.4) is 0 Å². The second kappa shape index (κ2) is 3.89. The molecule has 3 heteroatoms. The van der Waals surface area contributed by atoms with Crippen LogP contribution < -0.4 is 5.32 Å². The Kier molecular flexibility index (Phi) is 2.77. The van der Waals surface area contributed by atoms with E-state index in [1.807, 2.05) is 6.92 Å². The average molecular weight is 197 g/mol. The number of carboxylic acid groups (broad SMARTS) is 1. The van der Waals surface area contributed by atoms with Crippen LogP contribution in [0.4, 0.5) is 0 Å². The lowest BCUT2D eigenvalue weighted by molar-refractivity contribution is -0.139. The van der Waals surface area contributed by atoms with E-state index in [0.717, 1.165) is 11.8 Å². The van der Waals surface area contributed by atoms with Crippen molar-refractivity contribution in [2.75, 3.05) is 0 Å². The normalized spacial score (nSPS) is 23.9. The van der Waals surface area contributed by atoms with Gasteiger partial charge in [0.2, 0.25) is 0 Å². The minimum Gasteiger partial charge on any atom is -0.480 e. The van der Waals surface area contributed by atoms with Crippen LogP contribution in [-0.2, 0) is 4.79 Å². The molecule has 0 spiro atoms. The summed E-state index contributed by atoms with van der Waals surface area (Å²) < 4.78 is 0. The summed E-state index contributed by atoms with van der Waals surface area (Å²) in [6.45, 7) is 1.93. The molecule has 0 aromatic heterocycles. The van der Waals surface area contributed by atoms with Gasteiger partial charge >= 0.3 is 5.97 Å². The molecule has 0 amide bonds. The first-order chi connectivity index (χ1) is 6.72. The number of carboxylic acids is 1. The molecular formula is C11H19NO2. The summed E-state index contributed by atoms with van der Waals surface area (Å²) in [7, 11) is 0. The van der Waals surface area contributed by atoms with Crippen molar-refractivity contribution in [3.63, 3.8) is 0 Å². The molecule has 0 saturated heterocycles. The Morgan fingerprint density at radius 2 is 1.86 bits per heavy atom. The molecule has 0 aromatic carbocycles. The fourth-order valence-electron chi connectivity index (χ4n) is 2.16. The van der Waals surface area contributed by atoms with E-state index < -0.39 is 5.97 Å². The molecule has 2 rings (SSSR count). The summed E-state index contributed by atoms with van der Waals surface area (Å²) in [6, 6.07) is 0.164. The van der Waals surface area contributed by atoms with Crippen molar-refractivity contribution < 1.29 is 9.90 Å². The van der Waals surface area contributed by atoms with Crippen LogP contribution in [0.15, 0.2) is 0 Å². The number of nitrogens with one attached hydrogen (secondary N) is 1. The van der Waals surface area contributed by atoms with Crippen molar-refractivity contribution in [3.8, 4) is 0 Å². The molecule has 0 heterocycles. The highest BCUT2D eigenvalue weighted by Gasteiger charge is 2.42. The average Bonchev–Trinajstić information content (AvgIpc) is 3.01. The van der Waals surface area contributed by atoms with Crippen LogP contribution in [0.5, 0.6) is 0 Å². The zero-order valence-electron chi connectivity index (χ0n) is 8.70. The molecule has 2 aliphatic rings. The molecule has 2 saturated carbocycles. The molecule has 2 fully saturated rings. The molecule has 0 aliphatic heterocycles. The van der Waals surface area contributed by atoms with Gasteiger partial charge in [-0.15, -0.1) is 0 Å². The van der Waals surface area contributed by atoms with Crippen molar-refractivity contribution in [2.45, 2.75) is 51.1 Å². The van der Waals surface area contributed by atoms with Gasteiger partial charge in [0.1, 0.15) is 6.04 Å². The van der Waals surface area contributed by atoms with Crippen molar-refractivity contribution >= 4 is 5.97 Å². The van der Waals surface area contributed by atoms with Crippen molar-refractivity contribution in [2.24, 2.45) is 11.8 Å². The zero-order chi connectivity index (χ0) is 10.1. The van der Waals surface area contributed by atoms with E-state index in [1.54, 1.807) is 0 Å². The lowest BCUT2D eigenvalue weighted by Crippen LogP contribution is -2.45. The lowest BCUT2D eigenvalue weighted by Gasteiger charge is -2.22. The predicted octanol–water partition coefficient (Wildman–Crippen LogP) is 1.63. The maximum absolute atomic E-state index is 10.9. The third-order valence-corrected chi connectivity index (χ3v) is 3.36. The van der Waals surface area contributed by atoms with Crippen LogP contribution >= 0.6 is 0 Å². The Hall–Kier alpha value is -0.570. The van der Waals surface area contributed by atoms with Gasteiger partial charge in [-0.3, -0.25) is 4.79 Å². The van der Waals surface area contributed by atoms with E-state index >= 15 is 0 Å². The largest absolute Gasteiger partial charge is 0.480 e. The highest BCUT2D eigenvalue weighted by atomic mass is 16.4. The summed E-state index contributed by atoms with van der Waals surface area (Å²) in [5.74, 6) is 0.852. The number of aliphatic carboxylic acids is 1. The first-order valence-corrected chi connectivity index (χ1v) is 5.71. The lowest BCUT2D eigenvalue weighted by atomic mass is 10.1. The maximum Gasteiger partial charge on any atom is 0.320 e. The minimum atomic E-state index is -0.696. The Balaban J connectivity index is 1.87. The van der Waals surface area contributed by atoms with E-state index in [1.165, 1.54) is 25.7 Å². The van der Waals surface area contributed by atoms with Crippen LogP contribution in [-0.4, -0.2) is 23.2 Å². The second-order valence-corrected chi connectivity index (χ2v) is 4.67. The third kappa shape index (κ3) is 2.27. The summed E-state index contributed by atoms with van der Waals surface area (Å²) in [5, 5.41) is 12.3. The van der Waals surface area contributed by atoms with Gasteiger partial charge in [0.15, 0.2) is 0 Å². The summed E-state index contributed by atoms with van der Waals surface area (Å²) >= 11 is 0. The fourth-order valence-corrected chi connectivity index (χ4v) is 2.16. The van der Waals surface area contributed by atoms with Crippen molar-refractivity contribution in [1.82, 2.24) is 5.32 Å². The molecule has 2 aliphatic carbocycles. The summed E-state index contributed by atoms with van der Waals surface area (Å²) in [4.78, 5) is 10.9. The van der Waals surface area contributed by atoms with Crippen LogP contribution in [0.1, 0.15) is 39.0 Å². The first-order valence-electron chi connectivity index (χ1n) is 5.71. The standard InChI is InChI=1S/C11H19NO2/c1-2-9(11(13)14)12-10(7-3-4-7)8-5-6-8/h7-10,12H,2-6H2,1H3,(H,13,14). The number of hydrogen-bond donors (Lipinski definition) is 2. The van der Waals surface area contributed by atoms with Gasteiger partial charge in [-0.05, 0) is 43.9 Å². The quantitative estimate of drug-likeness (QED) is 0.680. The summed E-state index contributed by atoms with van der Waals surface area (Å²) in [6.07, 6.45) is 5.87. The topological polar surface area (TPSA) is 49.3 Å². The molecule has 1 atom stereocenters. The minimum absolute atomic E-state index is 0.332. The molecule has 80 valence electrons. The zero-order valence-corrected chi connectivity index (χ0v) is 8.70. The van der Waals surface area contributed by atoms with Crippen molar-refractivity contribution in [3.05, 3.63) is 0 Å². The van der Waals surface area contributed by atoms with E-state index in [2.05, 4.69) is 5.32 Å². The van der Waals surface area contributed by atoms with Gasteiger partial charge in [-0.2, -0.15) is 0 Å². The van der Waals surface area contributed by atoms with Crippen molar-refractivity contribution in [1.29, 1.82) is 0 Å². The van der Waals surface area contributed by atoms with Gasteiger partial charge < -0.3 is 10.4 Å². The van der Waals surface area contributed by atoms with Gasteiger partial charge in [0.25, 0.3) is 0 Å². The Morgan fingerprint density at radius 3 is 2.14 bits per heavy atom. The van der Waals surface area contributed by atoms with Gasteiger partial charge in [0, 0.05) is 6.04 Å². The molecule has 0 bridgehead atoms. The Morgan fingerprint density at radius 1 is 1.36 bits per heavy atom. The molecule has 14 heavy (non-hydrogen) atoms. The highest BCUT2D eigenvalue weighted by molar-refractivity contribution is 5.73. The number of hydrogen-bond acceptors (Lipinski definition) is 2. The maximum atomic E-state index is 10.9. The predicted molar refractivity (Wildman–Crippen MR) is 54.1 cm³/mol. The monoisotopic (exact) mass is 197 g/mol. The first kappa shape index (κ1) is 9.97. The van der Waals surface area contributed by atoms with E-state index in [9.17, 15) is 4.79 Å². The van der Waals surface area contributed by atoms with E-state index in [4.69, 9.17) is 5.11 Å². The smallest absolute Gasteiger partial charge is 0.320 e. The third-order valence-electron chi connectivity index (χ3n) is 3.36. The molecule has 2 N–H and O–H groups in total. The molecule has 3 nitrogen and oxygen atoms in total. The molecule has 0 radical (unpaired) electrons. The molecule has 1 unspecified atom stereocenters. The number of rotatable bonds is 6. The number of carbonyl (C=O) groups is 1. The van der Waals surface area contributed by atoms with Gasteiger partial charge in [-0.1, -0.05) is 6.92 Å². The Labute approximate surface area is 84.9 Å². The van der Waals surface area contributed by atoms with Gasteiger partial charge in [-0.25, -0.2) is 0 Å². The SMILES string of the molecule is CCC(NC(C1CC1)C1CC1)C(=O)O. The van der Waals surface area contributed by atoms with E-state index in [-0.39, 0.29) is 6.04 Å². The second-order valence-electron chi connectivity index (χ2n) is 4.67. The molecular weight excluding hydrogens is 178 g/mol. The van der Waals surface area contributed by atoms with E-state index in [0.29, 0.717) is 12.5 Å². The molecule has 0 aromatic rings. The van der Waals surface area contributed by atoms with Crippen LogP contribution in [0, 0.1) is 11.8 Å². The summed E-state index contributed by atoms with van der Waals surface area (Å²) in [5.41, 5.74) is 0. The van der Waals surface area contributed by atoms with Gasteiger partial charge in [0.05, 0.1) is 0 Å².